The summed E-state index contributed by atoms with van der Waals surface area (Å²) in [6, 6.07) is 14.6. The standard InChI is InChI=1S/C20H16FO5PS2/c21-17-15(23)8-9-16(24)20(17)28-19(12-2-1-3-13(22)10-12)18(25)11-4-6-14(7-5-11)26-29-27/h1-10,19,22-24H,27H2. The van der Waals surface area contributed by atoms with E-state index in [2.05, 4.69) is 8.44 Å². The fraction of sp³-hybridized carbons (Fsp3) is 0.0500. The van der Waals surface area contributed by atoms with E-state index >= 15 is 0 Å². The maximum absolute atomic E-state index is 14.4. The summed E-state index contributed by atoms with van der Waals surface area (Å²) in [5.41, 5.74) is 0.759. The van der Waals surface area contributed by atoms with Crippen molar-refractivity contribution in [2.24, 2.45) is 0 Å². The van der Waals surface area contributed by atoms with Crippen LogP contribution in [0.25, 0.3) is 0 Å². The molecule has 0 aliphatic rings. The number of carbonyl (C=O) groups excluding carboxylic acids is 1. The lowest BCUT2D eigenvalue weighted by Gasteiger charge is -2.18. The van der Waals surface area contributed by atoms with Crippen LogP contribution >= 0.6 is 31.9 Å². The molecule has 0 aliphatic heterocycles. The first-order valence-electron chi connectivity index (χ1n) is 8.24. The van der Waals surface area contributed by atoms with E-state index in [1.807, 2.05) is 0 Å². The molecule has 5 nitrogen and oxygen atoms in total. The average Bonchev–Trinajstić information content (AvgIpc) is 2.71. The molecule has 0 radical (unpaired) electrons. The topological polar surface area (TPSA) is 87.0 Å². The molecule has 0 saturated carbocycles. The van der Waals surface area contributed by atoms with Crippen LogP contribution in [0.5, 0.6) is 23.0 Å². The smallest absolute Gasteiger partial charge is 0.182 e. The molecule has 3 aromatic rings. The van der Waals surface area contributed by atoms with Gasteiger partial charge in [-0.05, 0) is 62.5 Å². The summed E-state index contributed by atoms with van der Waals surface area (Å²) in [5.74, 6) is -1.92. The van der Waals surface area contributed by atoms with Gasteiger partial charge in [-0.1, -0.05) is 12.1 Å². The number of phenols is 3. The molecule has 0 bridgehead atoms. The number of carbonyl (C=O) groups is 1. The summed E-state index contributed by atoms with van der Waals surface area (Å²) in [6.07, 6.45) is 0. The Morgan fingerprint density at radius 2 is 1.69 bits per heavy atom. The summed E-state index contributed by atoms with van der Waals surface area (Å²) in [7, 11) is 2.35. The van der Waals surface area contributed by atoms with Gasteiger partial charge in [0.2, 0.25) is 0 Å². The Hall–Kier alpha value is -2.41. The summed E-state index contributed by atoms with van der Waals surface area (Å²) in [6.45, 7) is 0. The van der Waals surface area contributed by atoms with E-state index in [-0.39, 0.29) is 16.4 Å². The largest absolute Gasteiger partial charge is 0.508 e. The maximum atomic E-state index is 14.4. The molecule has 2 unspecified atom stereocenters. The number of hydrogen-bond acceptors (Lipinski definition) is 7. The van der Waals surface area contributed by atoms with Gasteiger partial charge in [-0.25, -0.2) is 4.39 Å². The number of ketones is 1. The second-order valence-electron chi connectivity index (χ2n) is 5.91. The van der Waals surface area contributed by atoms with E-state index < -0.39 is 22.6 Å². The Kier molecular flexibility index (Phi) is 6.90. The third kappa shape index (κ3) is 4.96. The molecule has 0 heterocycles. The van der Waals surface area contributed by atoms with Crippen molar-refractivity contribution in [1.29, 1.82) is 0 Å². The van der Waals surface area contributed by atoms with Gasteiger partial charge < -0.3 is 19.5 Å². The van der Waals surface area contributed by atoms with Gasteiger partial charge >= 0.3 is 0 Å². The Morgan fingerprint density at radius 3 is 2.34 bits per heavy atom. The van der Waals surface area contributed by atoms with Crippen LogP contribution in [0.2, 0.25) is 0 Å². The number of phenolic OH excluding ortho intramolecular Hbond substituents is 3. The molecular formula is C20H16FO5PS2. The van der Waals surface area contributed by atoms with Crippen LogP contribution in [0.4, 0.5) is 4.39 Å². The summed E-state index contributed by atoms with van der Waals surface area (Å²) in [5, 5.41) is 28.6. The SMILES string of the molecule is O=C(c1ccc(OSP)cc1)C(Sc1c(O)ccc(O)c1F)c1cccc(O)c1. The van der Waals surface area contributed by atoms with Gasteiger partial charge in [-0.15, -0.1) is 11.8 Å². The summed E-state index contributed by atoms with van der Waals surface area (Å²) in [4.78, 5) is 13.0. The van der Waals surface area contributed by atoms with Crippen LogP contribution in [0.15, 0.2) is 65.6 Å². The Balaban J connectivity index is 2.02. The number of Topliss-reactive ketones (excluding diaryl/α,β-unsaturated/α-hetero) is 1. The first-order valence-corrected chi connectivity index (χ1v) is 11.3. The maximum Gasteiger partial charge on any atom is 0.182 e. The monoisotopic (exact) mass is 450 g/mol. The lowest BCUT2D eigenvalue weighted by Crippen LogP contribution is -2.10. The number of aromatic hydroxyl groups is 3. The van der Waals surface area contributed by atoms with Crippen molar-refractivity contribution in [2.75, 3.05) is 0 Å². The van der Waals surface area contributed by atoms with Crippen molar-refractivity contribution < 1.29 is 28.7 Å². The van der Waals surface area contributed by atoms with E-state index in [0.717, 1.165) is 35.6 Å². The predicted molar refractivity (Wildman–Crippen MR) is 115 cm³/mol. The highest BCUT2D eigenvalue weighted by Crippen LogP contribution is 2.45. The molecule has 150 valence electrons. The highest BCUT2D eigenvalue weighted by molar-refractivity contribution is 8.41. The van der Waals surface area contributed by atoms with Gasteiger partial charge in [0.1, 0.15) is 17.2 Å². The van der Waals surface area contributed by atoms with Crippen molar-refractivity contribution >= 4 is 37.6 Å². The number of thioether (sulfide) groups is 1. The quantitative estimate of drug-likeness (QED) is 0.145. The number of rotatable bonds is 7. The minimum Gasteiger partial charge on any atom is -0.508 e. The van der Waals surface area contributed by atoms with Crippen LogP contribution < -0.4 is 4.18 Å². The number of hydrogen-bond donors (Lipinski definition) is 3. The minimum absolute atomic E-state index is 0.0530. The van der Waals surface area contributed by atoms with Crippen LogP contribution in [-0.2, 0) is 0 Å². The molecule has 2 atom stereocenters. The van der Waals surface area contributed by atoms with Gasteiger partial charge in [0, 0.05) is 5.56 Å². The van der Waals surface area contributed by atoms with Crippen LogP contribution in [0.3, 0.4) is 0 Å². The van der Waals surface area contributed by atoms with Crippen LogP contribution in [-0.4, -0.2) is 21.1 Å². The Bertz CT molecular complexity index is 1030. The highest BCUT2D eigenvalue weighted by atomic mass is 32.7. The molecular weight excluding hydrogens is 434 g/mol. The fourth-order valence-electron chi connectivity index (χ4n) is 2.61. The normalized spacial score (nSPS) is 11.8. The second kappa shape index (κ2) is 9.39. The molecule has 3 aromatic carbocycles. The molecule has 0 amide bonds. The van der Waals surface area contributed by atoms with Crippen molar-refractivity contribution in [3.8, 4) is 23.0 Å². The van der Waals surface area contributed by atoms with Crippen molar-refractivity contribution in [2.45, 2.75) is 10.1 Å². The van der Waals surface area contributed by atoms with Gasteiger partial charge in [0.25, 0.3) is 0 Å². The molecule has 0 aromatic heterocycles. The first kappa shape index (κ1) is 21.3. The van der Waals surface area contributed by atoms with E-state index in [0.29, 0.717) is 16.9 Å². The van der Waals surface area contributed by atoms with E-state index in [1.54, 1.807) is 36.4 Å². The molecule has 3 rings (SSSR count). The van der Waals surface area contributed by atoms with Gasteiger partial charge in [0.15, 0.2) is 17.3 Å². The van der Waals surface area contributed by atoms with Gasteiger partial charge in [-0.2, -0.15) is 0 Å². The number of benzene rings is 3. The summed E-state index contributed by atoms with van der Waals surface area (Å²) >= 11 is 1.84. The Labute approximate surface area is 177 Å². The minimum atomic E-state index is -1.02. The van der Waals surface area contributed by atoms with Gasteiger partial charge in [0.05, 0.1) is 21.8 Å². The fourth-order valence-corrected chi connectivity index (χ4v) is 4.32. The molecule has 29 heavy (non-hydrogen) atoms. The molecule has 3 N–H and O–H groups in total. The molecule has 9 heteroatoms. The summed E-state index contributed by atoms with van der Waals surface area (Å²) < 4.78 is 19.7. The van der Waals surface area contributed by atoms with E-state index in [9.17, 15) is 24.5 Å². The molecule has 0 saturated heterocycles. The molecule has 0 fully saturated rings. The zero-order chi connectivity index (χ0) is 21.0. The lowest BCUT2D eigenvalue weighted by molar-refractivity contribution is 0.0989. The van der Waals surface area contributed by atoms with Crippen molar-refractivity contribution in [1.82, 2.24) is 0 Å². The predicted octanol–water partition coefficient (Wildman–Crippen LogP) is 5.48. The van der Waals surface area contributed by atoms with Crippen LogP contribution in [0.1, 0.15) is 21.2 Å². The first-order chi connectivity index (χ1) is 13.9. The zero-order valence-electron chi connectivity index (χ0n) is 14.8. The van der Waals surface area contributed by atoms with Crippen molar-refractivity contribution in [3.05, 3.63) is 77.6 Å². The molecule has 0 aliphatic carbocycles. The third-order valence-electron chi connectivity index (χ3n) is 3.99. The highest BCUT2D eigenvalue weighted by Gasteiger charge is 2.27. The lowest BCUT2D eigenvalue weighted by atomic mass is 10.0. The van der Waals surface area contributed by atoms with E-state index in [4.69, 9.17) is 4.18 Å². The van der Waals surface area contributed by atoms with Gasteiger partial charge in [-0.3, -0.25) is 4.79 Å². The average molecular weight is 450 g/mol. The third-order valence-corrected chi connectivity index (χ3v) is 5.91. The second-order valence-corrected chi connectivity index (χ2v) is 7.96. The van der Waals surface area contributed by atoms with Crippen LogP contribution in [0, 0.1) is 5.82 Å². The molecule has 0 spiro atoms. The van der Waals surface area contributed by atoms with E-state index in [1.165, 1.54) is 12.1 Å². The number of halogens is 1. The van der Waals surface area contributed by atoms with Crippen molar-refractivity contribution in [3.63, 3.8) is 0 Å². The zero-order valence-corrected chi connectivity index (χ0v) is 17.6. The Morgan fingerprint density at radius 1 is 1.00 bits per heavy atom.